The zero-order chi connectivity index (χ0) is 13.4. The Hall–Kier alpha value is -1.09. The molecule has 2 fully saturated rings. The number of aliphatic hydroxyl groups is 2. The van der Waals surface area contributed by atoms with Crippen LogP contribution in [0.2, 0.25) is 0 Å². The molecule has 4 N–H and O–H groups in total. The summed E-state index contributed by atoms with van der Waals surface area (Å²) in [4.78, 5) is 22.8. The predicted octanol–water partition coefficient (Wildman–Crippen LogP) is -1.78. The third-order valence-electron chi connectivity index (χ3n) is 3.53. The molecule has 8 nitrogen and oxygen atoms in total. The summed E-state index contributed by atoms with van der Waals surface area (Å²) in [5, 5.41) is 23.4. The van der Waals surface area contributed by atoms with Crippen molar-refractivity contribution in [2.24, 2.45) is 5.92 Å². The lowest BCUT2D eigenvalue weighted by atomic mass is 9.83. The number of carbonyl (C=O) groups is 2. The van der Waals surface area contributed by atoms with Crippen molar-refractivity contribution in [3.8, 4) is 0 Å². The van der Waals surface area contributed by atoms with Crippen LogP contribution in [0.3, 0.4) is 0 Å². The molecule has 2 aliphatic rings. The standard InChI is InChI=1S/C10H17N3O5.ClH/c1-4-7(6-8(15)5(14)3-11-6)13(9(4)16)12-10(17)18-2;/h4-8,11,14-15H,3H2,1-2H3,(H,12,17);1H/t4-,5-,6+,7+,8-;/m1./s1. The Morgan fingerprint density at radius 1 is 1.53 bits per heavy atom. The minimum Gasteiger partial charge on any atom is -0.452 e. The van der Waals surface area contributed by atoms with Crippen molar-refractivity contribution in [3.05, 3.63) is 0 Å². The first-order chi connectivity index (χ1) is 8.47. The summed E-state index contributed by atoms with van der Waals surface area (Å²) in [6.07, 6.45) is -2.57. The average Bonchev–Trinajstić information content (AvgIpc) is 2.69. The Morgan fingerprint density at radius 3 is 2.63 bits per heavy atom. The van der Waals surface area contributed by atoms with Crippen molar-refractivity contribution in [2.45, 2.75) is 31.2 Å². The summed E-state index contributed by atoms with van der Waals surface area (Å²) < 4.78 is 4.42. The van der Waals surface area contributed by atoms with Gasteiger partial charge < -0.3 is 20.3 Å². The fourth-order valence-corrected chi connectivity index (χ4v) is 2.46. The zero-order valence-electron chi connectivity index (χ0n) is 10.6. The molecule has 110 valence electrons. The molecule has 2 amide bonds. The van der Waals surface area contributed by atoms with Crippen LogP contribution < -0.4 is 10.7 Å². The highest BCUT2D eigenvalue weighted by molar-refractivity contribution is 5.87. The number of nitrogens with zero attached hydrogens (tertiary/aromatic N) is 1. The molecule has 0 saturated carbocycles. The average molecular weight is 296 g/mol. The van der Waals surface area contributed by atoms with Crippen LogP contribution in [0.4, 0.5) is 4.79 Å². The Morgan fingerprint density at radius 2 is 2.16 bits per heavy atom. The van der Waals surface area contributed by atoms with Gasteiger partial charge in [-0.15, -0.1) is 12.4 Å². The maximum Gasteiger partial charge on any atom is 0.425 e. The summed E-state index contributed by atoms with van der Waals surface area (Å²) in [7, 11) is 1.20. The fraction of sp³-hybridized carbons (Fsp3) is 0.800. The van der Waals surface area contributed by atoms with Crippen LogP contribution in [0.15, 0.2) is 0 Å². The highest BCUT2D eigenvalue weighted by Crippen LogP contribution is 2.30. The van der Waals surface area contributed by atoms with E-state index in [1.807, 2.05) is 0 Å². The van der Waals surface area contributed by atoms with Crippen LogP contribution in [0, 0.1) is 5.92 Å². The number of methoxy groups -OCH3 is 1. The second-order valence-electron chi connectivity index (χ2n) is 4.58. The van der Waals surface area contributed by atoms with Crippen LogP contribution in [0.5, 0.6) is 0 Å². The molecule has 0 radical (unpaired) electrons. The molecule has 2 saturated heterocycles. The molecule has 0 aromatic heterocycles. The molecule has 5 atom stereocenters. The number of aliphatic hydroxyl groups excluding tert-OH is 2. The van der Waals surface area contributed by atoms with Gasteiger partial charge in [0.25, 0.3) is 0 Å². The lowest BCUT2D eigenvalue weighted by Gasteiger charge is -2.48. The summed E-state index contributed by atoms with van der Waals surface area (Å²) in [6, 6.07) is -0.867. The van der Waals surface area contributed by atoms with E-state index in [1.54, 1.807) is 6.92 Å². The van der Waals surface area contributed by atoms with Gasteiger partial charge in [0.15, 0.2) is 0 Å². The number of rotatable bonds is 2. The number of hydrogen-bond donors (Lipinski definition) is 4. The number of β-lactam (4-membered cyclic amide) rings is 1. The monoisotopic (exact) mass is 295 g/mol. The van der Waals surface area contributed by atoms with Crippen LogP contribution in [0.1, 0.15) is 6.92 Å². The molecule has 2 rings (SSSR count). The highest BCUT2D eigenvalue weighted by Gasteiger charge is 2.54. The van der Waals surface area contributed by atoms with E-state index in [9.17, 15) is 19.8 Å². The second-order valence-corrected chi connectivity index (χ2v) is 4.58. The van der Waals surface area contributed by atoms with E-state index in [-0.39, 0.29) is 30.8 Å². The number of hydrazine groups is 1. The SMILES string of the molecule is COC(=O)NN1C(=O)[C@H](C)[C@H]1[C@@H]1NC[C@@H](O)[C@H]1O.Cl. The van der Waals surface area contributed by atoms with Crippen molar-refractivity contribution in [2.75, 3.05) is 13.7 Å². The summed E-state index contributed by atoms with van der Waals surface area (Å²) in [5.41, 5.74) is 2.30. The second kappa shape index (κ2) is 5.91. The summed E-state index contributed by atoms with van der Waals surface area (Å²) in [5.74, 6) is -0.583. The van der Waals surface area contributed by atoms with E-state index in [0.29, 0.717) is 0 Å². The van der Waals surface area contributed by atoms with E-state index in [1.165, 1.54) is 7.11 Å². The van der Waals surface area contributed by atoms with Crippen molar-refractivity contribution < 1.29 is 24.5 Å². The Balaban J connectivity index is 0.00000180. The molecule has 0 aromatic rings. The van der Waals surface area contributed by atoms with E-state index in [4.69, 9.17) is 0 Å². The largest absolute Gasteiger partial charge is 0.452 e. The number of hydrogen-bond acceptors (Lipinski definition) is 6. The molecule has 2 heterocycles. The number of nitrogens with one attached hydrogen (secondary N) is 2. The van der Waals surface area contributed by atoms with E-state index in [0.717, 1.165) is 5.01 Å². The van der Waals surface area contributed by atoms with Gasteiger partial charge in [-0.2, -0.15) is 0 Å². The van der Waals surface area contributed by atoms with Gasteiger partial charge in [-0.25, -0.2) is 15.2 Å². The fourth-order valence-electron chi connectivity index (χ4n) is 2.46. The summed E-state index contributed by atoms with van der Waals surface area (Å²) >= 11 is 0. The first-order valence-electron chi connectivity index (χ1n) is 5.74. The molecule has 0 aliphatic carbocycles. The van der Waals surface area contributed by atoms with Crippen molar-refractivity contribution in [1.82, 2.24) is 15.8 Å². The van der Waals surface area contributed by atoms with Crippen LogP contribution in [-0.2, 0) is 9.53 Å². The van der Waals surface area contributed by atoms with Gasteiger partial charge in [0, 0.05) is 6.54 Å². The van der Waals surface area contributed by atoms with E-state index < -0.39 is 30.4 Å². The number of carbonyl (C=O) groups excluding carboxylic acids is 2. The van der Waals surface area contributed by atoms with Crippen LogP contribution in [-0.4, -0.2) is 65.2 Å². The van der Waals surface area contributed by atoms with Gasteiger partial charge in [0.1, 0.15) is 0 Å². The van der Waals surface area contributed by atoms with Gasteiger partial charge in [0.2, 0.25) is 5.91 Å². The maximum atomic E-state index is 11.7. The molecular weight excluding hydrogens is 278 g/mol. The predicted molar refractivity (Wildman–Crippen MR) is 66.4 cm³/mol. The van der Waals surface area contributed by atoms with Crippen LogP contribution in [0.25, 0.3) is 0 Å². The van der Waals surface area contributed by atoms with E-state index >= 15 is 0 Å². The zero-order valence-corrected chi connectivity index (χ0v) is 11.4. The Bertz CT molecular complexity index is 369. The molecule has 0 unspecified atom stereocenters. The first-order valence-corrected chi connectivity index (χ1v) is 5.74. The lowest BCUT2D eigenvalue weighted by molar-refractivity contribution is -0.164. The molecule has 19 heavy (non-hydrogen) atoms. The first kappa shape index (κ1) is 16.0. The molecular formula is C10H18ClN3O5. The van der Waals surface area contributed by atoms with Crippen molar-refractivity contribution in [3.63, 3.8) is 0 Å². The number of β-amino-alcohol motifs (C(OH)–C–C–N with tert-alkyl or cyclic N) is 1. The molecule has 2 aliphatic heterocycles. The number of halogens is 1. The Labute approximate surface area is 116 Å². The van der Waals surface area contributed by atoms with Crippen molar-refractivity contribution >= 4 is 24.4 Å². The molecule has 0 aromatic carbocycles. The van der Waals surface area contributed by atoms with E-state index in [2.05, 4.69) is 15.5 Å². The quantitative estimate of drug-likeness (QED) is 0.448. The van der Waals surface area contributed by atoms with Gasteiger partial charge in [-0.1, -0.05) is 6.92 Å². The van der Waals surface area contributed by atoms with Gasteiger partial charge in [-0.3, -0.25) is 4.79 Å². The van der Waals surface area contributed by atoms with Crippen LogP contribution >= 0.6 is 12.4 Å². The van der Waals surface area contributed by atoms with Gasteiger partial charge in [0.05, 0.1) is 37.3 Å². The summed E-state index contributed by atoms with van der Waals surface area (Å²) in [6.45, 7) is 1.97. The van der Waals surface area contributed by atoms with Gasteiger partial charge in [-0.05, 0) is 0 Å². The van der Waals surface area contributed by atoms with Gasteiger partial charge >= 0.3 is 6.09 Å². The minimum absolute atomic E-state index is 0. The topological polar surface area (TPSA) is 111 Å². The molecule has 9 heteroatoms. The smallest absolute Gasteiger partial charge is 0.425 e. The molecule has 0 spiro atoms. The highest BCUT2D eigenvalue weighted by atomic mass is 35.5. The number of ether oxygens (including phenoxy) is 1. The minimum atomic E-state index is -0.965. The third-order valence-corrected chi connectivity index (χ3v) is 3.53. The lowest BCUT2D eigenvalue weighted by Crippen LogP contribution is -2.72. The van der Waals surface area contributed by atoms with Crippen molar-refractivity contribution in [1.29, 1.82) is 0 Å². The molecule has 0 bridgehead atoms. The normalized spacial score (nSPS) is 37.4. The Kier molecular flexibility index (Phi) is 4.97. The number of amides is 2. The maximum absolute atomic E-state index is 11.7. The third kappa shape index (κ3) is 2.62.